The van der Waals surface area contributed by atoms with Crippen molar-refractivity contribution >= 4 is 11.0 Å². The monoisotopic (exact) mass is 265 g/mol. The summed E-state index contributed by atoms with van der Waals surface area (Å²) in [6.45, 7) is 0.170. The van der Waals surface area contributed by atoms with E-state index in [1.54, 1.807) is 0 Å². The van der Waals surface area contributed by atoms with Crippen LogP contribution in [0.2, 0.25) is 0 Å². The van der Waals surface area contributed by atoms with E-state index in [1.165, 1.54) is 5.56 Å². The molecule has 20 heavy (non-hydrogen) atoms. The molecule has 1 N–H and O–H groups in total. The van der Waals surface area contributed by atoms with Crippen molar-refractivity contribution in [2.24, 2.45) is 5.92 Å². The molecule has 1 aliphatic rings. The standard InChI is InChI=1S/C16H15N3O/c20-11-13-10-16(13,12-6-2-1-3-7-12)19-15-9-5-4-8-14(15)17-18-19/h1-9,13,20H,10-11H2/t13-,16+/m1/s1. The van der Waals surface area contributed by atoms with Crippen LogP contribution in [0.1, 0.15) is 12.0 Å². The summed E-state index contributed by atoms with van der Waals surface area (Å²) in [7, 11) is 0. The normalized spacial score (nSPS) is 24.9. The van der Waals surface area contributed by atoms with Gasteiger partial charge in [-0.25, -0.2) is 4.68 Å². The molecule has 100 valence electrons. The number of hydrogen-bond acceptors (Lipinski definition) is 3. The molecule has 1 fully saturated rings. The highest BCUT2D eigenvalue weighted by Gasteiger charge is 2.58. The first-order chi connectivity index (χ1) is 9.86. The lowest BCUT2D eigenvalue weighted by molar-refractivity contribution is 0.254. The molecule has 4 rings (SSSR count). The first kappa shape index (κ1) is 11.6. The third kappa shape index (κ3) is 1.45. The second kappa shape index (κ2) is 4.15. The first-order valence-corrected chi connectivity index (χ1v) is 6.83. The van der Waals surface area contributed by atoms with Gasteiger partial charge in [0.25, 0.3) is 0 Å². The van der Waals surface area contributed by atoms with E-state index < -0.39 is 0 Å². The third-order valence-corrected chi connectivity index (χ3v) is 4.30. The fourth-order valence-corrected chi connectivity index (χ4v) is 3.16. The molecular weight excluding hydrogens is 250 g/mol. The van der Waals surface area contributed by atoms with Crippen LogP contribution in [0.4, 0.5) is 0 Å². The number of rotatable bonds is 3. The van der Waals surface area contributed by atoms with E-state index in [9.17, 15) is 5.11 Å². The van der Waals surface area contributed by atoms with Crippen molar-refractivity contribution in [1.29, 1.82) is 0 Å². The highest BCUT2D eigenvalue weighted by atomic mass is 16.3. The number of aliphatic hydroxyl groups excluding tert-OH is 1. The number of aliphatic hydroxyl groups is 1. The molecule has 0 spiro atoms. The number of hydrogen-bond donors (Lipinski definition) is 1. The Bertz CT molecular complexity index is 753. The van der Waals surface area contributed by atoms with Gasteiger partial charge in [0.05, 0.1) is 11.1 Å². The second-order valence-electron chi connectivity index (χ2n) is 5.36. The quantitative estimate of drug-likeness (QED) is 0.789. The van der Waals surface area contributed by atoms with Gasteiger partial charge in [-0.3, -0.25) is 0 Å². The van der Waals surface area contributed by atoms with Gasteiger partial charge < -0.3 is 5.11 Å². The van der Waals surface area contributed by atoms with Crippen molar-refractivity contribution in [3.8, 4) is 0 Å². The van der Waals surface area contributed by atoms with Crippen molar-refractivity contribution in [3.63, 3.8) is 0 Å². The van der Waals surface area contributed by atoms with Crippen LogP contribution < -0.4 is 0 Å². The van der Waals surface area contributed by atoms with Gasteiger partial charge in [-0.15, -0.1) is 5.10 Å². The zero-order valence-corrected chi connectivity index (χ0v) is 11.0. The van der Waals surface area contributed by atoms with E-state index in [0.29, 0.717) is 0 Å². The fraction of sp³-hybridized carbons (Fsp3) is 0.250. The zero-order chi connectivity index (χ0) is 13.6. The van der Waals surface area contributed by atoms with Crippen LogP contribution in [0.25, 0.3) is 11.0 Å². The summed E-state index contributed by atoms with van der Waals surface area (Å²) in [6, 6.07) is 18.2. The molecule has 2 atom stereocenters. The van der Waals surface area contributed by atoms with Crippen molar-refractivity contribution < 1.29 is 5.11 Å². The van der Waals surface area contributed by atoms with Gasteiger partial charge in [0.1, 0.15) is 5.52 Å². The molecule has 0 aliphatic heterocycles. The lowest BCUT2D eigenvalue weighted by Gasteiger charge is -2.19. The van der Waals surface area contributed by atoms with Gasteiger partial charge in [-0.05, 0) is 24.1 Å². The summed E-state index contributed by atoms with van der Waals surface area (Å²) in [6.07, 6.45) is 0.904. The van der Waals surface area contributed by atoms with Gasteiger partial charge in [-0.1, -0.05) is 47.7 Å². The summed E-state index contributed by atoms with van der Waals surface area (Å²) in [4.78, 5) is 0. The van der Waals surface area contributed by atoms with Gasteiger partial charge >= 0.3 is 0 Å². The summed E-state index contributed by atoms with van der Waals surface area (Å²) >= 11 is 0. The van der Waals surface area contributed by atoms with E-state index in [-0.39, 0.29) is 18.1 Å². The third-order valence-electron chi connectivity index (χ3n) is 4.30. The van der Waals surface area contributed by atoms with E-state index >= 15 is 0 Å². The molecule has 2 aromatic carbocycles. The number of benzene rings is 2. The highest BCUT2D eigenvalue weighted by Crippen LogP contribution is 2.55. The molecule has 1 aromatic heterocycles. The molecule has 3 aromatic rings. The summed E-state index contributed by atoms with van der Waals surface area (Å²) in [5, 5.41) is 18.2. The molecule has 4 nitrogen and oxygen atoms in total. The van der Waals surface area contributed by atoms with Gasteiger partial charge in [0, 0.05) is 12.5 Å². The number of fused-ring (bicyclic) bond motifs is 1. The maximum Gasteiger partial charge on any atom is 0.113 e. The smallest absolute Gasteiger partial charge is 0.113 e. The van der Waals surface area contributed by atoms with Gasteiger partial charge in [-0.2, -0.15) is 0 Å². The fourth-order valence-electron chi connectivity index (χ4n) is 3.16. The zero-order valence-electron chi connectivity index (χ0n) is 11.0. The van der Waals surface area contributed by atoms with E-state index in [2.05, 4.69) is 22.4 Å². The predicted octanol–water partition coefficient (Wildman–Crippen LogP) is 2.19. The van der Waals surface area contributed by atoms with E-state index in [1.807, 2.05) is 47.1 Å². The van der Waals surface area contributed by atoms with Crippen LogP contribution in [0.3, 0.4) is 0 Å². The van der Waals surface area contributed by atoms with Crippen LogP contribution in [0.5, 0.6) is 0 Å². The Morgan fingerprint density at radius 3 is 2.60 bits per heavy atom. The Balaban J connectivity index is 1.93. The van der Waals surface area contributed by atoms with Crippen LogP contribution in [0, 0.1) is 5.92 Å². The minimum absolute atomic E-state index is 0.170. The maximum atomic E-state index is 9.61. The van der Waals surface area contributed by atoms with Gasteiger partial charge in [0.15, 0.2) is 0 Å². The van der Waals surface area contributed by atoms with Crippen molar-refractivity contribution in [2.45, 2.75) is 12.0 Å². The Kier molecular flexibility index (Phi) is 2.41. The van der Waals surface area contributed by atoms with Crippen LogP contribution in [-0.2, 0) is 5.54 Å². The van der Waals surface area contributed by atoms with E-state index in [0.717, 1.165) is 17.5 Å². The highest BCUT2D eigenvalue weighted by molar-refractivity contribution is 5.74. The van der Waals surface area contributed by atoms with Crippen LogP contribution in [-0.4, -0.2) is 26.7 Å². The maximum absolute atomic E-state index is 9.61. The molecule has 0 amide bonds. The number of nitrogens with zero attached hydrogens (tertiary/aromatic N) is 3. The second-order valence-corrected chi connectivity index (χ2v) is 5.36. The molecule has 1 saturated carbocycles. The Morgan fingerprint density at radius 2 is 1.85 bits per heavy atom. The minimum Gasteiger partial charge on any atom is -0.396 e. The minimum atomic E-state index is -0.244. The van der Waals surface area contributed by atoms with Crippen LogP contribution in [0.15, 0.2) is 54.6 Å². The molecule has 0 bridgehead atoms. The topological polar surface area (TPSA) is 50.9 Å². The average Bonchev–Trinajstić information content (AvgIpc) is 3.11. The van der Waals surface area contributed by atoms with Crippen LogP contribution >= 0.6 is 0 Å². The van der Waals surface area contributed by atoms with Crippen molar-refractivity contribution in [1.82, 2.24) is 15.0 Å². The molecule has 0 saturated heterocycles. The van der Waals surface area contributed by atoms with Crippen molar-refractivity contribution in [2.75, 3.05) is 6.61 Å². The Labute approximate surface area is 116 Å². The average molecular weight is 265 g/mol. The van der Waals surface area contributed by atoms with Gasteiger partial charge in [0.2, 0.25) is 0 Å². The lowest BCUT2D eigenvalue weighted by atomic mass is 10.0. The molecule has 0 radical (unpaired) electrons. The Hall–Kier alpha value is -2.20. The largest absolute Gasteiger partial charge is 0.396 e. The SMILES string of the molecule is OC[C@H]1C[C@@]1(c1ccccc1)n1nnc2ccccc21. The number of aromatic nitrogens is 3. The molecule has 0 unspecified atom stereocenters. The summed E-state index contributed by atoms with van der Waals surface area (Å²) in [5.41, 5.74) is 2.86. The lowest BCUT2D eigenvalue weighted by Crippen LogP contribution is -2.24. The molecule has 4 heteroatoms. The number of para-hydroxylation sites is 1. The first-order valence-electron chi connectivity index (χ1n) is 6.83. The molecular formula is C16H15N3O. The Morgan fingerprint density at radius 1 is 1.10 bits per heavy atom. The summed E-state index contributed by atoms with van der Waals surface area (Å²) < 4.78 is 1.98. The van der Waals surface area contributed by atoms with Crippen molar-refractivity contribution in [3.05, 3.63) is 60.2 Å². The summed E-state index contributed by atoms with van der Waals surface area (Å²) in [5.74, 6) is 0.204. The predicted molar refractivity (Wildman–Crippen MR) is 76.2 cm³/mol. The molecule has 1 aliphatic carbocycles. The molecule has 1 heterocycles. The van der Waals surface area contributed by atoms with E-state index in [4.69, 9.17) is 0 Å².